The molecule has 27 heavy (non-hydrogen) atoms. The Bertz CT molecular complexity index is 721. The first kappa shape index (κ1) is 21.7. The largest absolute Gasteiger partial charge is 0.355 e. The summed E-state index contributed by atoms with van der Waals surface area (Å²) in [4.78, 5) is 7.09. The molecule has 3 N–H and O–H groups in total. The van der Waals surface area contributed by atoms with Crippen molar-refractivity contribution >= 4 is 16.0 Å². The standard InChI is InChI=1S/C19H33N5O2S/c1-4-17-9-5-6-12-24(17)13-11-22-19(20-2)23-15-16-8-7-10-18(14-16)27(25,26)21-3/h7-8,10,14,17,21H,4-6,9,11-13,15H2,1-3H3,(H2,20,22,23). The lowest BCUT2D eigenvalue weighted by molar-refractivity contribution is 0.147. The fourth-order valence-electron chi connectivity index (χ4n) is 3.48. The molecule has 0 amide bonds. The molecule has 0 bridgehead atoms. The minimum Gasteiger partial charge on any atom is -0.355 e. The van der Waals surface area contributed by atoms with Gasteiger partial charge >= 0.3 is 0 Å². The Balaban J connectivity index is 1.83. The van der Waals surface area contributed by atoms with Crippen molar-refractivity contribution in [3.8, 4) is 0 Å². The third kappa shape index (κ3) is 6.48. The van der Waals surface area contributed by atoms with Gasteiger partial charge in [-0.05, 0) is 50.6 Å². The predicted octanol–water partition coefficient (Wildman–Crippen LogP) is 1.52. The van der Waals surface area contributed by atoms with Gasteiger partial charge in [-0.3, -0.25) is 9.89 Å². The van der Waals surface area contributed by atoms with E-state index < -0.39 is 10.0 Å². The minimum absolute atomic E-state index is 0.267. The predicted molar refractivity (Wildman–Crippen MR) is 110 cm³/mol. The Labute approximate surface area is 163 Å². The first-order valence-electron chi connectivity index (χ1n) is 9.71. The summed E-state index contributed by atoms with van der Waals surface area (Å²) < 4.78 is 26.2. The number of aliphatic imine (C=N–C) groups is 1. The highest BCUT2D eigenvalue weighted by atomic mass is 32.2. The van der Waals surface area contributed by atoms with Gasteiger partial charge in [0.05, 0.1) is 4.90 Å². The second-order valence-electron chi connectivity index (χ2n) is 6.80. The van der Waals surface area contributed by atoms with E-state index >= 15 is 0 Å². The quantitative estimate of drug-likeness (QED) is 0.459. The zero-order valence-corrected chi connectivity index (χ0v) is 17.5. The Hall–Kier alpha value is -1.64. The maximum Gasteiger partial charge on any atom is 0.240 e. The van der Waals surface area contributed by atoms with Crippen LogP contribution in [-0.2, 0) is 16.6 Å². The van der Waals surface area contributed by atoms with Gasteiger partial charge in [0.1, 0.15) is 0 Å². The number of sulfonamides is 1. The fourth-order valence-corrected chi connectivity index (χ4v) is 4.28. The van der Waals surface area contributed by atoms with Gasteiger partial charge in [-0.25, -0.2) is 13.1 Å². The van der Waals surface area contributed by atoms with Gasteiger partial charge in [0.15, 0.2) is 5.96 Å². The van der Waals surface area contributed by atoms with E-state index in [1.807, 2.05) is 6.07 Å². The smallest absolute Gasteiger partial charge is 0.240 e. The molecule has 1 aliphatic heterocycles. The molecule has 1 aliphatic rings. The lowest BCUT2D eigenvalue weighted by atomic mass is 10.0. The number of hydrogen-bond donors (Lipinski definition) is 3. The number of nitrogens with one attached hydrogen (secondary N) is 3. The van der Waals surface area contributed by atoms with E-state index in [9.17, 15) is 8.42 Å². The lowest BCUT2D eigenvalue weighted by Gasteiger charge is -2.35. The summed E-state index contributed by atoms with van der Waals surface area (Å²) in [6.45, 7) is 5.80. The van der Waals surface area contributed by atoms with Gasteiger partial charge in [0, 0.05) is 32.7 Å². The average Bonchev–Trinajstić information content (AvgIpc) is 2.71. The molecule has 1 fully saturated rings. The van der Waals surface area contributed by atoms with E-state index in [2.05, 4.69) is 32.2 Å². The normalized spacial score (nSPS) is 19.1. The van der Waals surface area contributed by atoms with Crippen LogP contribution in [0.25, 0.3) is 0 Å². The van der Waals surface area contributed by atoms with E-state index in [0.29, 0.717) is 12.6 Å². The highest BCUT2D eigenvalue weighted by molar-refractivity contribution is 7.89. The molecular weight excluding hydrogens is 362 g/mol. The van der Waals surface area contributed by atoms with Gasteiger partial charge in [0.2, 0.25) is 10.0 Å². The molecule has 0 saturated carbocycles. The van der Waals surface area contributed by atoms with Crippen LogP contribution in [0.1, 0.15) is 38.2 Å². The summed E-state index contributed by atoms with van der Waals surface area (Å²) in [6.07, 6.45) is 5.14. The number of likely N-dealkylation sites (tertiary alicyclic amines) is 1. The van der Waals surface area contributed by atoms with Crippen molar-refractivity contribution in [2.45, 2.75) is 50.1 Å². The second-order valence-corrected chi connectivity index (χ2v) is 8.69. The van der Waals surface area contributed by atoms with Crippen molar-refractivity contribution in [1.29, 1.82) is 0 Å². The zero-order chi connectivity index (χ0) is 19.7. The maximum atomic E-state index is 11.9. The van der Waals surface area contributed by atoms with Crippen molar-refractivity contribution in [3.05, 3.63) is 29.8 Å². The second kappa shape index (κ2) is 10.6. The topological polar surface area (TPSA) is 85.8 Å². The molecule has 1 aromatic carbocycles. The van der Waals surface area contributed by atoms with E-state index in [4.69, 9.17) is 0 Å². The molecule has 0 aromatic heterocycles. The number of guanidine groups is 1. The Kier molecular flexibility index (Phi) is 8.53. The van der Waals surface area contributed by atoms with Gasteiger partial charge < -0.3 is 10.6 Å². The molecule has 1 heterocycles. The van der Waals surface area contributed by atoms with Gasteiger partial charge in [-0.1, -0.05) is 25.5 Å². The number of nitrogens with zero attached hydrogens (tertiary/aromatic N) is 2. The highest BCUT2D eigenvalue weighted by Crippen LogP contribution is 2.18. The lowest BCUT2D eigenvalue weighted by Crippen LogP contribution is -2.45. The molecule has 1 atom stereocenters. The summed E-state index contributed by atoms with van der Waals surface area (Å²) in [5.74, 6) is 0.724. The highest BCUT2D eigenvalue weighted by Gasteiger charge is 2.20. The molecule has 8 heteroatoms. The zero-order valence-electron chi connectivity index (χ0n) is 16.7. The average molecular weight is 396 g/mol. The van der Waals surface area contributed by atoms with Crippen molar-refractivity contribution in [3.63, 3.8) is 0 Å². The van der Waals surface area contributed by atoms with Crippen LogP contribution in [0.5, 0.6) is 0 Å². The number of piperidine rings is 1. The van der Waals surface area contributed by atoms with Crippen LogP contribution in [0, 0.1) is 0 Å². The first-order chi connectivity index (χ1) is 13.0. The van der Waals surface area contributed by atoms with Crippen LogP contribution < -0.4 is 15.4 Å². The molecule has 1 unspecified atom stereocenters. The summed E-state index contributed by atoms with van der Waals surface area (Å²) in [5, 5.41) is 6.60. The fraction of sp³-hybridized carbons (Fsp3) is 0.632. The molecule has 152 valence electrons. The van der Waals surface area contributed by atoms with E-state index in [0.717, 1.165) is 24.6 Å². The molecule has 1 saturated heterocycles. The van der Waals surface area contributed by atoms with Crippen molar-refractivity contribution in [2.24, 2.45) is 4.99 Å². The maximum absolute atomic E-state index is 11.9. The van der Waals surface area contributed by atoms with Crippen LogP contribution in [0.15, 0.2) is 34.2 Å². The van der Waals surface area contributed by atoms with Crippen molar-refractivity contribution in [2.75, 3.05) is 33.7 Å². The van der Waals surface area contributed by atoms with Gasteiger partial charge in [0.25, 0.3) is 0 Å². The van der Waals surface area contributed by atoms with E-state index in [1.54, 1.807) is 25.2 Å². The molecule has 0 radical (unpaired) electrons. The SMILES string of the molecule is CCC1CCCCN1CCNC(=NC)NCc1cccc(S(=O)(=O)NC)c1. The monoisotopic (exact) mass is 395 g/mol. The van der Waals surface area contributed by atoms with Crippen LogP contribution in [0.3, 0.4) is 0 Å². The summed E-state index contributed by atoms with van der Waals surface area (Å²) in [7, 11) is -0.271. The van der Waals surface area contributed by atoms with Crippen molar-refractivity contribution < 1.29 is 8.42 Å². The minimum atomic E-state index is -3.43. The molecule has 1 aromatic rings. The van der Waals surface area contributed by atoms with E-state index in [1.165, 1.54) is 39.3 Å². The Morgan fingerprint density at radius 2 is 2.11 bits per heavy atom. The van der Waals surface area contributed by atoms with Gasteiger partial charge in [-0.2, -0.15) is 0 Å². The molecule has 0 spiro atoms. The molecule has 7 nitrogen and oxygen atoms in total. The number of hydrogen-bond acceptors (Lipinski definition) is 4. The summed E-state index contributed by atoms with van der Waals surface area (Å²) in [6, 6.07) is 7.61. The van der Waals surface area contributed by atoms with Crippen LogP contribution in [0.2, 0.25) is 0 Å². The Morgan fingerprint density at radius 3 is 2.81 bits per heavy atom. The van der Waals surface area contributed by atoms with Crippen LogP contribution in [-0.4, -0.2) is 59.0 Å². The molecular formula is C19H33N5O2S. The van der Waals surface area contributed by atoms with Gasteiger partial charge in [-0.15, -0.1) is 0 Å². The third-order valence-corrected chi connectivity index (χ3v) is 6.48. The third-order valence-electron chi connectivity index (χ3n) is 5.07. The molecule has 0 aliphatic carbocycles. The van der Waals surface area contributed by atoms with E-state index in [-0.39, 0.29) is 4.90 Å². The number of benzene rings is 1. The Morgan fingerprint density at radius 1 is 1.30 bits per heavy atom. The number of rotatable bonds is 8. The van der Waals surface area contributed by atoms with Crippen molar-refractivity contribution in [1.82, 2.24) is 20.3 Å². The van der Waals surface area contributed by atoms with Crippen LogP contribution >= 0.6 is 0 Å². The molecule has 2 rings (SSSR count). The summed E-state index contributed by atoms with van der Waals surface area (Å²) in [5.41, 5.74) is 0.886. The summed E-state index contributed by atoms with van der Waals surface area (Å²) >= 11 is 0. The van der Waals surface area contributed by atoms with Crippen LogP contribution in [0.4, 0.5) is 0 Å². The first-order valence-corrected chi connectivity index (χ1v) is 11.2.